The van der Waals surface area contributed by atoms with Gasteiger partial charge in [0.2, 0.25) is 0 Å². The number of anilines is 1. The van der Waals surface area contributed by atoms with Gasteiger partial charge in [-0.05, 0) is 24.6 Å². The van der Waals surface area contributed by atoms with Gasteiger partial charge in [0.25, 0.3) is 15.9 Å². The maximum absolute atomic E-state index is 12.2. The van der Waals surface area contributed by atoms with E-state index in [1.165, 1.54) is 23.5 Å². The molecular weight excluding hydrogens is 292 g/mol. The largest absolute Gasteiger partial charge is 0.345 e. The van der Waals surface area contributed by atoms with E-state index in [1.54, 1.807) is 33.2 Å². The average Bonchev–Trinajstić information content (AvgIpc) is 2.95. The van der Waals surface area contributed by atoms with Crippen molar-refractivity contribution in [1.82, 2.24) is 14.9 Å². The molecule has 1 aromatic carbocycles. The van der Waals surface area contributed by atoms with E-state index < -0.39 is 10.0 Å². The van der Waals surface area contributed by atoms with E-state index in [2.05, 4.69) is 14.7 Å². The lowest BCUT2D eigenvalue weighted by Crippen LogP contribution is -2.22. The smallest absolute Gasteiger partial charge is 0.278 e. The minimum absolute atomic E-state index is 0.0359. The van der Waals surface area contributed by atoms with Crippen molar-refractivity contribution < 1.29 is 13.2 Å². The summed E-state index contributed by atoms with van der Waals surface area (Å²) < 4.78 is 26.8. The zero-order chi connectivity index (χ0) is 15.6. The minimum Gasteiger partial charge on any atom is -0.345 e. The molecule has 21 heavy (non-hydrogen) atoms. The molecule has 0 aliphatic heterocycles. The minimum atomic E-state index is -3.75. The molecule has 0 aliphatic rings. The molecule has 8 heteroatoms. The van der Waals surface area contributed by atoms with Gasteiger partial charge in [-0.15, -0.1) is 0 Å². The molecule has 0 spiro atoms. The first-order chi connectivity index (χ1) is 9.81. The topological polar surface area (TPSA) is 95.2 Å². The quantitative estimate of drug-likeness (QED) is 0.888. The van der Waals surface area contributed by atoms with Gasteiger partial charge >= 0.3 is 0 Å². The van der Waals surface area contributed by atoms with Crippen LogP contribution in [0.4, 0.5) is 5.69 Å². The lowest BCUT2D eigenvalue weighted by molar-refractivity contribution is 0.0827. The molecule has 0 unspecified atom stereocenters. The van der Waals surface area contributed by atoms with Crippen LogP contribution in [0, 0.1) is 6.92 Å². The number of nitrogens with one attached hydrogen (secondary N) is 2. The van der Waals surface area contributed by atoms with E-state index in [4.69, 9.17) is 0 Å². The molecular formula is C13H16N4O3S. The number of benzene rings is 1. The molecule has 0 atom stereocenters. The van der Waals surface area contributed by atoms with E-state index >= 15 is 0 Å². The van der Waals surface area contributed by atoms with E-state index in [-0.39, 0.29) is 10.9 Å². The predicted molar refractivity (Wildman–Crippen MR) is 78.6 cm³/mol. The zero-order valence-electron chi connectivity index (χ0n) is 11.9. The number of sulfonamides is 1. The second-order valence-electron chi connectivity index (χ2n) is 4.75. The first-order valence-corrected chi connectivity index (χ1v) is 7.63. The Morgan fingerprint density at radius 3 is 2.62 bits per heavy atom. The highest BCUT2D eigenvalue weighted by Crippen LogP contribution is 2.21. The van der Waals surface area contributed by atoms with E-state index in [9.17, 15) is 13.2 Å². The van der Waals surface area contributed by atoms with Gasteiger partial charge in [-0.1, -0.05) is 6.07 Å². The SMILES string of the molecule is Cc1ccc(C(=O)N(C)C)cc1NS(=O)(=O)c1cnc[nH]1. The van der Waals surface area contributed by atoms with Crippen molar-refractivity contribution in [2.24, 2.45) is 0 Å². The summed E-state index contributed by atoms with van der Waals surface area (Å²) in [6, 6.07) is 4.87. The van der Waals surface area contributed by atoms with Crippen molar-refractivity contribution in [3.05, 3.63) is 41.9 Å². The number of aryl methyl sites for hydroxylation is 1. The van der Waals surface area contributed by atoms with Crippen LogP contribution in [0.25, 0.3) is 0 Å². The zero-order valence-corrected chi connectivity index (χ0v) is 12.7. The summed E-state index contributed by atoms with van der Waals surface area (Å²) in [6.07, 6.45) is 2.50. The summed E-state index contributed by atoms with van der Waals surface area (Å²) in [5, 5.41) is -0.0359. The molecule has 0 aliphatic carbocycles. The molecule has 112 valence electrons. The number of carbonyl (C=O) groups excluding carboxylic acids is 1. The Hall–Kier alpha value is -2.35. The Balaban J connectivity index is 2.36. The van der Waals surface area contributed by atoms with Gasteiger partial charge in [0.05, 0.1) is 18.2 Å². The normalized spacial score (nSPS) is 11.2. The summed E-state index contributed by atoms with van der Waals surface area (Å²) in [7, 11) is -0.477. The van der Waals surface area contributed by atoms with Crippen molar-refractivity contribution in [3.8, 4) is 0 Å². The fourth-order valence-electron chi connectivity index (χ4n) is 1.71. The third-order valence-corrected chi connectivity index (χ3v) is 4.19. The molecule has 1 aromatic heterocycles. The molecule has 7 nitrogen and oxygen atoms in total. The molecule has 2 aromatic rings. The Kier molecular flexibility index (Phi) is 3.99. The van der Waals surface area contributed by atoms with E-state index in [1.807, 2.05) is 0 Å². The third-order valence-electron chi connectivity index (χ3n) is 2.90. The highest BCUT2D eigenvalue weighted by molar-refractivity contribution is 7.92. The number of hydrogen-bond acceptors (Lipinski definition) is 4. The monoisotopic (exact) mass is 308 g/mol. The van der Waals surface area contributed by atoms with Gasteiger partial charge in [-0.3, -0.25) is 9.52 Å². The second-order valence-corrected chi connectivity index (χ2v) is 6.40. The molecule has 2 N–H and O–H groups in total. The number of carbonyl (C=O) groups is 1. The van der Waals surface area contributed by atoms with E-state index in [0.29, 0.717) is 16.8 Å². The van der Waals surface area contributed by atoms with Crippen LogP contribution in [0.15, 0.2) is 35.7 Å². The summed E-state index contributed by atoms with van der Waals surface area (Å²) in [4.78, 5) is 19.6. The van der Waals surface area contributed by atoms with Crippen molar-refractivity contribution in [1.29, 1.82) is 0 Å². The van der Waals surface area contributed by atoms with Gasteiger partial charge in [0.1, 0.15) is 0 Å². The number of H-pyrrole nitrogens is 1. The van der Waals surface area contributed by atoms with Crippen LogP contribution in [-0.4, -0.2) is 43.3 Å². The summed E-state index contributed by atoms with van der Waals surface area (Å²) in [5.74, 6) is -0.197. The van der Waals surface area contributed by atoms with Crippen molar-refractivity contribution in [2.75, 3.05) is 18.8 Å². The summed E-state index contributed by atoms with van der Waals surface area (Å²) in [5.41, 5.74) is 1.48. The van der Waals surface area contributed by atoms with Crippen LogP contribution in [-0.2, 0) is 10.0 Å². The standard InChI is InChI=1S/C13H16N4O3S/c1-9-4-5-10(13(18)17(2)3)6-11(9)16-21(19,20)12-7-14-8-15-12/h4-8,16H,1-3H3,(H,14,15). The first kappa shape index (κ1) is 15.0. The molecule has 0 radical (unpaired) electrons. The van der Waals surface area contributed by atoms with Crippen molar-refractivity contribution in [3.63, 3.8) is 0 Å². The molecule has 0 bridgehead atoms. The van der Waals surface area contributed by atoms with Gasteiger partial charge in [0, 0.05) is 19.7 Å². The highest BCUT2D eigenvalue weighted by Gasteiger charge is 2.18. The number of amides is 1. The lowest BCUT2D eigenvalue weighted by atomic mass is 10.1. The lowest BCUT2D eigenvalue weighted by Gasteiger charge is -2.14. The Bertz CT molecular complexity index is 752. The number of nitrogens with zero attached hydrogens (tertiary/aromatic N) is 2. The van der Waals surface area contributed by atoms with Crippen LogP contribution < -0.4 is 4.72 Å². The summed E-state index contributed by atoms with van der Waals surface area (Å²) >= 11 is 0. The maximum atomic E-state index is 12.2. The van der Waals surface area contributed by atoms with Crippen LogP contribution >= 0.6 is 0 Å². The first-order valence-electron chi connectivity index (χ1n) is 6.15. The van der Waals surface area contributed by atoms with Crippen LogP contribution in [0.1, 0.15) is 15.9 Å². The van der Waals surface area contributed by atoms with Gasteiger partial charge in [0.15, 0.2) is 5.03 Å². The highest BCUT2D eigenvalue weighted by atomic mass is 32.2. The fourth-order valence-corrected chi connectivity index (χ4v) is 2.74. The van der Waals surface area contributed by atoms with Crippen LogP contribution in [0.5, 0.6) is 0 Å². The molecule has 0 saturated carbocycles. The fraction of sp³-hybridized carbons (Fsp3) is 0.231. The summed E-state index contributed by atoms with van der Waals surface area (Å²) in [6.45, 7) is 1.76. The van der Waals surface area contributed by atoms with Crippen LogP contribution in [0.2, 0.25) is 0 Å². The number of rotatable bonds is 4. The Labute approximate surface area is 123 Å². The molecule has 2 rings (SSSR count). The molecule has 0 saturated heterocycles. The van der Waals surface area contributed by atoms with E-state index in [0.717, 1.165) is 0 Å². The third kappa shape index (κ3) is 3.22. The number of hydrogen-bond donors (Lipinski definition) is 2. The predicted octanol–water partition coefficient (Wildman–Crippen LogP) is 1.22. The van der Waals surface area contributed by atoms with Gasteiger partial charge < -0.3 is 9.88 Å². The van der Waals surface area contributed by atoms with Gasteiger partial charge in [-0.2, -0.15) is 8.42 Å². The molecule has 1 amide bonds. The van der Waals surface area contributed by atoms with Crippen LogP contribution in [0.3, 0.4) is 0 Å². The molecule has 0 fully saturated rings. The number of imidazole rings is 1. The second kappa shape index (κ2) is 5.57. The van der Waals surface area contributed by atoms with Gasteiger partial charge in [-0.25, -0.2) is 4.98 Å². The molecule has 1 heterocycles. The maximum Gasteiger partial charge on any atom is 0.278 e. The Morgan fingerprint density at radius 2 is 2.05 bits per heavy atom. The van der Waals surface area contributed by atoms with Crippen molar-refractivity contribution >= 4 is 21.6 Å². The van der Waals surface area contributed by atoms with Crippen molar-refractivity contribution in [2.45, 2.75) is 11.9 Å². The Morgan fingerprint density at radius 1 is 1.33 bits per heavy atom. The number of aromatic amines is 1. The average molecular weight is 308 g/mol. The number of aromatic nitrogens is 2.